The molecule has 3 rings (SSSR count). The van der Waals surface area contributed by atoms with Crippen LogP contribution in [0.3, 0.4) is 0 Å². The van der Waals surface area contributed by atoms with E-state index in [-0.39, 0.29) is 10.8 Å². The first kappa shape index (κ1) is 16.4. The van der Waals surface area contributed by atoms with Crippen molar-refractivity contribution >= 4 is 0 Å². The number of nitrogens with one attached hydrogen (secondary N) is 2. The standard InChI is InChI=1S/C18H24N6/c1-17(2,3)15-7-11(21-23-15)13-9-19-10-14(20-13)12-8-16(24-22-12)18(4,5)6/h7-10H,1-6H3,(H,21,23)(H,22,24). The van der Waals surface area contributed by atoms with Gasteiger partial charge >= 0.3 is 0 Å². The second-order valence-electron chi connectivity index (χ2n) is 8.12. The van der Waals surface area contributed by atoms with E-state index >= 15 is 0 Å². The van der Waals surface area contributed by atoms with E-state index < -0.39 is 0 Å². The topological polar surface area (TPSA) is 83.1 Å². The van der Waals surface area contributed by atoms with Gasteiger partial charge in [-0.15, -0.1) is 0 Å². The number of aromatic amines is 2. The van der Waals surface area contributed by atoms with E-state index in [2.05, 4.69) is 71.9 Å². The minimum atomic E-state index is 0.0140. The largest absolute Gasteiger partial charge is 0.281 e. The van der Waals surface area contributed by atoms with Crippen LogP contribution < -0.4 is 0 Å². The molecule has 24 heavy (non-hydrogen) atoms. The monoisotopic (exact) mass is 324 g/mol. The average Bonchev–Trinajstić information content (AvgIpc) is 3.16. The van der Waals surface area contributed by atoms with Crippen molar-refractivity contribution in [2.24, 2.45) is 0 Å². The number of rotatable bonds is 2. The van der Waals surface area contributed by atoms with Crippen LogP contribution in [0.25, 0.3) is 22.8 Å². The van der Waals surface area contributed by atoms with Crippen molar-refractivity contribution in [3.63, 3.8) is 0 Å². The number of aromatic nitrogens is 6. The van der Waals surface area contributed by atoms with E-state index in [1.165, 1.54) is 0 Å². The van der Waals surface area contributed by atoms with Gasteiger partial charge in [0.05, 0.1) is 12.4 Å². The van der Waals surface area contributed by atoms with Gasteiger partial charge in [0.25, 0.3) is 0 Å². The molecule has 0 aliphatic carbocycles. The molecular formula is C18H24N6. The second-order valence-corrected chi connectivity index (χ2v) is 8.12. The summed E-state index contributed by atoms with van der Waals surface area (Å²) < 4.78 is 0. The van der Waals surface area contributed by atoms with E-state index in [1.807, 2.05) is 12.1 Å². The predicted octanol–water partition coefficient (Wildman–Crippen LogP) is 3.85. The Morgan fingerprint density at radius 3 is 1.42 bits per heavy atom. The molecule has 0 atom stereocenters. The summed E-state index contributed by atoms with van der Waals surface area (Å²) in [5.41, 5.74) is 5.22. The molecule has 0 unspecified atom stereocenters. The molecule has 0 aliphatic heterocycles. The number of H-pyrrole nitrogens is 2. The lowest BCUT2D eigenvalue weighted by Crippen LogP contribution is -2.11. The summed E-state index contributed by atoms with van der Waals surface area (Å²) in [5, 5.41) is 14.9. The molecule has 0 radical (unpaired) electrons. The summed E-state index contributed by atoms with van der Waals surface area (Å²) in [5.74, 6) is 0. The molecule has 6 nitrogen and oxygen atoms in total. The molecule has 2 N–H and O–H groups in total. The molecule has 0 spiro atoms. The summed E-state index contributed by atoms with van der Waals surface area (Å²) in [6.07, 6.45) is 3.45. The van der Waals surface area contributed by atoms with Crippen LogP contribution >= 0.6 is 0 Å². The Morgan fingerprint density at radius 1 is 0.667 bits per heavy atom. The van der Waals surface area contributed by atoms with Crippen molar-refractivity contribution in [1.82, 2.24) is 30.4 Å². The van der Waals surface area contributed by atoms with Crippen LogP contribution in [0.1, 0.15) is 52.9 Å². The van der Waals surface area contributed by atoms with Crippen LogP contribution in [0.4, 0.5) is 0 Å². The van der Waals surface area contributed by atoms with E-state index in [0.29, 0.717) is 0 Å². The maximum atomic E-state index is 4.68. The Balaban J connectivity index is 1.95. The summed E-state index contributed by atoms with van der Waals surface area (Å²) >= 11 is 0. The van der Waals surface area contributed by atoms with Gasteiger partial charge in [-0.05, 0) is 12.1 Å². The van der Waals surface area contributed by atoms with Crippen LogP contribution in [0, 0.1) is 0 Å². The molecule has 6 heteroatoms. The molecule has 0 saturated heterocycles. The van der Waals surface area contributed by atoms with Gasteiger partial charge in [-0.25, -0.2) is 4.98 Å². The fourth-order valence-corrected chi connectivity index (χ4v) is 2.29. The fourth-order valence-electron chi connectivity index (χ4n) is 2.29. The van der Waals surface area contributed by atoms with Crippen molar-refractivity contribution in [3.05, 3.63) is 35.9 Å². The van der Waals surface area contributed by atoms with Crippen molar-refractivity contribution in [3.8, 4) is 22.8 Å². The third-order valence-corrected chi connectivity index (χ3v) is 3.93. The molecule has 0 aliphatic rings. The smallest absolute Gasteiger partial charge is 0.112 e. The highest BCUT2D eigenvalue weighted by atomic mass is 15.1. The molecule has 0 bridgehead atoms. The van der Waals surface area contributed by atoms with Gasteiger partial charge in [-0.1, -0.05) is 41.5 Å². The molecule has 0 aromatic carbocycles. The SMILES string of the molecule is CC(C)(C)c1cc(-c2cncc(-c3cc(C(C)(C)C)[nH]n3)n2)n[nH]1. The van der Waals surface area contributed by atoms with E-state index in [9.17, 15) is 0 Å². The molecule has 3 heterocycles. The highest BCUT2D eigenvalue weighted by Crippen LogP contribution is 2.27. The van der Waals surface area contributed by atoms with Crippen LogP contribution in [0.5, 0.6) is 0 Å². The Bertz CT molecular complexity index is 777. The molecule has 0 fully saturated rings. The van der Waals surface area contributed by atoms with Crippen molar-refractivity contribution < 1.29 is 0 Å². The Morgan fingerprint density at radius 2 is 1.08 bits per heavy atom. The van der Waals surface area contributed by atoms with Crippen LogP contribution in [-0.2, 0) is 10.8 Å². The zero-order valence-corrected chi connectivity index (χ0v) is 15.1. The van der Waals surface area contributed by atoms with Gasteiger partial charge < -0.3 is 0 Å². The highest BCUT2D eigenvalue weighted by Gasteiger charge is 2.20. The normalized spacial score (nSPS) is 12.6. The molecule has 126 valence electrons. The van der Waals surface area contributed by atoms with Gasteiger partial charge in [0, 0.05) is 22.2 Å². The maximum Gasteiger partial charge on any atom is 0.112 e. The van der Waals surface area contributed by atoms with E-state index in [4.69, 9.17) is 0 Å². The molecule has 0 saturated carbocycles. The first-order valence-corrected chi connectivity index (χ1v) is 8.09. The molecule has 3 aromatic heterocycles. The minimum Gasteiger partial charge on any atom is -0.281 e. The zero-order chi connectivity index (χ0) is 17.5. The van der Waals surface area contributed by atoms with Crippen molar-refractivity contribution in [2.75, 3.05) is 0 Å². The average molecular weight is 324 g/mol. The van der Waals surface area contributed by atoms with Crippen molar-refractivity contribution in [2.45, 2.75) is 52.4 Å². The number of nitrogens with zero attached hydrogens (tertiary/aromatic N) is 4. The third-order valence-electron chi connectivity index (χ3n) is 3.93. The van der Waals surface area contributed by atoms with Crippen molar-refractivity contribution in [1.29, 1.82) is 0 Å². The highest BCUT2D eigenvalue weighted by molar-refractivity contribution is 5.60. The summed E-state index contributed by atoms with van der Waals surface area (Å²) in [6, 6.07) is 4.05. The van der Waals surface area contributed by atoms with Gasteiger partial charge in [0.2, 0.25) is 0 Å². The predicted molar refractivity (Wildman–Crippen MR) is 94.6 cm³/mol. The van der Waals surface area contributed by atoms with Gasteiger partial charge in [-0.2, -0.15) is 10.2 Å². The summed E-state index contributed by atoms with van der Waals surface area (Å²) in [6.45, 7) is 12.9. The fraction of sp³-hybridized carbons (Fsp3) is 0.444. The maximum absolute atomic E-state index is 4.68. The molecular weight excluding hydrogens is 300 g/mol. The summed E-state index contributed by atoms with van der Waals surface area (Å²) in [4.78, 5) is 8.99. The molecule has 0 amide bonds. The summed E-state index contributed by atoms with van der Waals surface area (Å²) in [7, 11) is 0. The minimum absolute atomic E-state index is 0.0140. The van der Waals surface area contributed by atoms with Crippen LogP contribution in [0.2, 0.25) is 0 Å². The lowest BCUT2D eigenvalue weighted by atomic mass is 9.92. The number of hydrogen-bond acceptors (Lipinski definition) is 4. The van der Waals surface area contributed by atoms with E-state index in [1.54, 1.807) is 12.4 Å². The van der Waals surface area contributed by atoms with Gasteiger partial charge in [-0.3, -0.25) is 15.2 Å². The van der Waals surface area contributed by atoms with Gasteiger partial charge in [0.15, 0.2) is 0 Å². The first-order valence-electron chi connectivity index (χ1n) is 8.09. The third kappa shape index (κ3) is 3.22. The zero-order valence-electron chi connectivity index (χ0n) is 15.1. The van der Waals surface area contributed by atoms with Crippen LogP contribution in [-0.4, -0.2) is 30.4 Å². The first-order chi connectivity index (χ1) is 11.1. The number of hydrogen-bond donors (Lipinski definition) is 2. The van der Waals surface area contributed by atoms with Crippen LogP contribution in [0.15, 0.2) is 24.5 Å². The Labute approximate surface area is 142 Å². The van der Waals surface area contributed by atoms with Gasteiger partial charge in [0.1, 0.15) is 22.8 Å². The lowest BCUT2D eigenvalue weighted by Gasteiger charge is -2.14. The quantitative estimate of drug-likeness (QED) is 0.750. The Hall–Kier alpha value is -2.50. The molecule has 3 aromatic rings. The lowest BCUT2D eigenvalue weighted by molar-refractivity contribution is 0.566. The second kappa shape index (κ2) is 5.54. The van der Waals surface area contributed by atoms with E-state index in [0.717, 1.165) is 34.2 Å². The Kier molecular flexibility index (Phi) is 3.78.